The van der Waals surface area contributed by atoms with Crippen LogP contribution in [0.5, 0.6) is 0 Å². The highest BCUT2D eigenvalue weighted by molar-refractivity contribution is 7.11. The number of rotatable bonds is 4. The number of thiazole rings is 1. The third kappa shape index (κ3) is 3.12. The number of hydrogen-bond acceptors (Lipinski definition) is 2. The van der Waals surface area contributed by atoms with E-state index in [-0.39, 0.29) is 0 Å². The first-order valence-corrected chi connectivity index (χ1v) is 7.50. The largest absolute Gasteiger partial charge is 0.246 e. The monoisotopic (exact) mass is 279 g/mol. The van der Waals surface area contributed by atoms with E-state index in [0.29, 0.717) is 11.8 Å². The maximum Gasteiger partial charge on any atom is 0.0937 e. The van der Waals surface area contributed by atoms with Gasteiger partial charge in [0.25, 0.3) is 0 Å². The average molecular weight is 280 g/mol. The van der Waals surface area contributed by atoms with Crippen molar-refractivity contribution in [2.75, 3.05) is 5.88 Å². The summed E-state index contributed by atoms with van der Waals surface area (Å²) in [5.74, 6) is 0.998. The molecule has 1 atom stereocenters. The van der Waals surface area contributed by atoms with Crippen LogP contribution >= 0.6 is 22.9 Å². The Morgan fingerprint density at radius 1 is 1.28 bits per heavy atom. The summed E-state index contributed by atoms with van der Waals surface area (Å²) in [6.45, 7) is 6.31. The van der Waals surface area contributed by atoms with Gasteiger partial charge in [-0.15, -0.1) is 22.9 Å². The van der Waals surface area contributed by atoms with Gasteiger partial charge in [0.05, 0.1) is 10.7 Å². The number of aryl methyl sites for hydroxylation is 3. The molecule has 0 fully saturated rings. The molecule has 0 amide bonds. The van der Waals surface area contributed by atoms with Crippen LogP contribution in [-0.2, 0) is 6.42 Å². The molecule has 0 aliphatic carbocycles. The molecule has 96 valence electrons. The Balaban J connectivity index is 2.19. The molecule has 0 bridgehead atoms. The molecule has 2 aromatic rings. The van der Waals surface area contributed by atoms with Gasteiger partial charge in [0.2, 0.25) is 0 Å². The van der Waals surface area contributed by atoms with E-state index in [2.05, 4.69) is 50.0 Å². The van der Waals surface area contributed by atoms with Crippen molar-refractivity contribution in [1.82, 2.24) is 4.98 Å². The van der Waals surface area contributed by atoms with Crippen LogP contribution < -0.4 is 0 Å². The second-order valence-electron chi connectivity index (χ2n) is 4.72. The van der Waals surface area contributed by atoms with E-state index in [4.69, 9.17) is 11.6 Å². The van der Waals surface area contributed by atoms with Gasteiger partial charge in [0, 0.05) is 23.1 Å². The molecule has 0 aliphatic heterocycles. The zero-order chi connectivity index (χ0) is 13.1. The predicted octanol–water partition coefficient (Wildman–Crippen LogP) is 4.63. The Morgan fingerprint density at radius 2 is 2.06 bits per heavy atom. The van der Waals surface area contributed by atoms with Gasteiger partial charge < -0.3 is 0 Å². The third-order valence-electron chi connectivity index (χ3n) is 3.19. The molecule has 3 heteroatoms. The lowest BCUT2D eigenvalue weighted by atomic mass is 9.96. The molecular formula is C15H18ClNS. The third-order valence-corrected chi connectivity index (χ3v) is 4.66. The fourth-order valence-electron chi connectivity index (χ4n) is 2.02. The lowest BCUT2D eigenvalue weighted by Gasteiger charge is -2.13. The fraction of sp³-hybridized carbons (Fsp3) is 0.400. The van der Waals surface area contributed by atoms with Gasteiger partial charge in [0.15, 0.2) is 0 Å². The van der Waals surface area contributed by atoms with Gasteiger partial charge in [-0.1, -0.05) is 29.8 Å². The Labute approximate surface area is 118 Å². The minimum Gasteiger partial charge on any atom is -0.246 e. The maximum absolute atomic E-state index is 6.13. The number of nitrogens with zero attached hydrogens (tertiary/aromatic N) is 1. The Hall–Kier alpha value is -0.860. The molecule has 0 spiro atoms. The number of benzene rings is 1. The number of aromatic nitrogens is 1. The van der Waals surface area contributed by atoms with E-state index in [1.165, 1.54) is 21.0 Å². The van der Waals surface area contributed by atoms with Crippen LogP contribution in [0.25, 0.3) is 0 Å². The molecule has 1 nitrogen and oxygen atoms in total. The molecule has 0 saturated carbocycles. The van der Waals surface area contributed by atoms with E-state index < -0.39 is 0 Å². The van der Waals surface area contributed by atoms with Crippen molar-refractivity contribution in [2.24, 2.45) is 0 Å². The molecule has 1 aromatic carbocycles. The number of alkyl halides is 1. The number of halogens is 1. The molecule has 1 aromatic heterocycles. The minimum absolute atomic E-state index is 0.358. The molecule has 1 heterocycles. The summed E-state index contributed by atoms with van der Waals surface area (Å²) in [6.07, 6.45) is 0.937. The van der Waals surface area contributed by atoms with Crippen molar-refractivity contribution in [2.45, 2.75) is 33.1 Å². The number of hydrogen-bond donors (Lipinski definition) is 0. The van der Waals surface area contributed by atoms with Crippen molar-refractivity contribution in [1.29, 1.82) is 0 Å². The second kappa shape index (κ2) is 5.85. The topological polar surface area (TPSA) is 12.9 Å². The summed E-state index contributed by atoms with van der Waals surface area (Å²) in [7, 11) is 0. The Bertz CT molecular complexity index is 514. The SMILES string of the molecule is Cc1cccc(C(CCl)Cc2nc(C)c(C)s2)c1. The molecule has 18 heavy (non-hydrogen) atoms. The van der Waals surface area contributed by atoms with Gasteiger partial charge in [0.1, 0.15) is 0 Å². The van der Waals surface area contributed by atoms with Gasteiger partial charge in [-0.2, -0.15) is 0 Å². The van der Waals surface area contributed by atoms with Crippen molar-refractivity contribution in [3.8, 4) is 0 Å². The predicted molar refractivity (Wildman–Crippen MR) is 79.9 cm³/mol. The van der Waals surface area contributed by atoms with Crippen molar-refractivity contribution >= 4 is 22.9 Å². The summed E-state index contributed by atoms with van der Waals surface area (Å²) in [4.78, 5) is 5.91. The van der Waals surface area contributed by atoms with Gasteiger partial charge >= 0.3 is 0 Å². The second-order valence-corrected chi connectivity index (χ2v) is 6.32. The van der Waals surface area contributed by atoms with Crippen LogP contribution in [0, 0.1) is 20.8 Å². The molecule has 0 saturated heterocycles. The quantitative estimate of drug-likeness (QED) is 0.744. The van der Waals surface area contributed by atoms with Crippen LogP contribution in [0.15, 0.2) is 24.3 Å². The van der Waals surface area contributed by atoms with Crippen LogP contribution in [0.1, 0.15) is 32.6 Å². The zero-order valence-electron chi connectivity index (χ0n) is 11.0. The smallest absolute Gasteiger partial charge is 0.0937 e. The highest BCUT2D eigenvalue weighted by Gasteiger charge is 2.14. The zero-order valence-corrected chi connectivity index (χ0v) is 12.6. The molecule has 0 radical (unpaired) electrons. The van der Waals surface area contributed by atoms with Crippen LogP contribution in [-0.4, -0.2) is 10.9 Å². The lowest BCUT2D eigenvalue weighted by Crippen LogP contribution is -2.04. The van der Waals surface area contributed by atoms with E-state index in [1.54, 1.807) is 11.3 Å². The first kappa shape index (κ1) is 13.6. The Kier molecular flexibility index (Phi) is 4.41. The van der Waals surface area contributed by atoms with Crippen molar-refractivity contribution < 1.29 is 0 Å². The fourth-order valence-corrected chi connectivity index (χ4v) is 3.32. The van der Waals surface area contributed by atoms with E-state index >= 15 is 0 Å². The normalized spacial score (nSPS) is 12.7. The highest BCUT2D eigenvalue weighted by Crippen LogP contribution is 2.26. The molecular weight excluding hydrogens is 262 g/mol. The standard InChI is InChI=1S/C15H18ClNS/c1-10-5-4-6-13(7-10)14(9-16)8-15-17-11(2)12(3)18-15/h4-7,14H,8-9H2,1-3H3. The maximum atomic E-state index is 6.13. The Morgan fingerprint density at radius 3 is 2.61 bits per heavy atom. The average Bonchev–Trinajstić information content (AvgIpc) is 2.65. The molecule has 2 rings (SSSR count). The van der Waals surface area contributed by atoms with Crippen LogP contribution in [0.4, 0.5) is 0 Å². The van der Waals surface area contributed by atoms with Crippen LogP contribution in [0.2, 0.25) is 0 Å². The van der Waals surface area contributed by atoms with Crippen molar-refractivity contribution in [3.05, 3.63) is 51.0 Å². The first-order valence-electron chi connectivity index (χ1n) is 6.15. The first-order chi connectivity index (χ1) is 8.60. The summed E-state index contributed by atoms with van der Waals surface area (Å²) >= 11 is 7.91. The molecule has 0 N–H and O–H groups in total. The van der Waals surface area contributed by atoms with Crippen LogP contribution in [0.3, 0.4) is 0 Å². The molecule has 1 unspecified atom stereocenters. The van der Waals surface area contributed by atoms with E-state index in [9.17, 15) is 0 Å². The van der Waals surface area contributed by atoms with Gasteiger partial charge in [-0.3, -0.25) is 0 Å². The summed E-state index contributed by atoms with van der Waals surface area (Å²) in [5.41, 5.74) is 3.75. The summed E-state index contributed by atoms with van der Waals surface area (Å²) < 4.78 is 0. The molecule has 0 aliphatic rings. The minimum atomic E-state index is 0.358. The van der Waals surface area contributed by atoms with Gasteiger partial charge in [-0.25, -0.2) is 4.98 Å². The highest BCUT2D eigenvalue weighted by atomic mass is 35.5. The summed E-state index contributed by atoms with van der Waals surface area (Å²) in [6, 6.07) is 8.60. The van der Waals surface area contributed by atoms with E-state index in [1.807, 2.05) is 0 Å². The summed E-state index contributed by atoms with van der Waals surface area (Å²) in [5, 5.41) is 1.19. The van der Waals surface area contributed by atoms with E-state index in [0.717, 1.165) is 12.1 Å². The van der Waals surface area contributed by atoms with Gasteiger partial charge in [-0.05, 0) is 26.3 Å². The lowest BCUT2D eigenvalue weighted by molar-refractivity contribution is 0.758. The van der Waals surface area contributed by atoms with Crippen molar-refractivity contribution in [3.63, 3.8) is 0 Å².